The lowest BCUT2D eigenvalue weighted by Gasteiger charge is -2.14. The van der Waals surface area contributed by atoms with Crippen molar-refractivity contribution in [3.8, 4) is 34.4 Å². The lowest BCUT2D eigenvalue weighted by Crippen LogP contribution is -2.33. The highest BCUT2D eigenvalue weighted by Crippen LogP contribution is 2.39. The molecule has 0 aliphatic heterocycles. The van der Waals surface area contributed by atoms with Crippen LogP contribution in [0.4, 0.5) is 0 Å². The van der Waals surface area contributed by atoms with Crippen molar-refractivity contribution in [2.24, 2.45) is 0 Å². The standard InChI is InChI=1S/C26H15Cl2N5O3/c1-14-9-18(15-5-3-2-4-6-15)19-12-17(7-8-22(19)30-14)36-24-20(27)10-16(11-21(24)28)33-26(35)31-25(34)23(13-29)32-33/h2-12H,1H3,(H,31,34,35). The highest BCUT2D eigenvalue weighted by atomic mass is 35.5. The van der Waals surface area contributed by atoms with Crippen LogP contribution in [0.25, 0.3) is 27.7 Å². The molecule has 10 heteroatoms. The van der Waals surface area contributed by atoms with E-state index in [4.69, 9.17) is 33.2 Å². The van der Waals surface area contributed by atoms with Gasteiger partial charge < -0.3 is 4.74 Å². The summed E-state index contributed by atoms with van der Waals surface area (Å²) in [6.45, 7) is 1.94. The van der Waals surface area contributed by atoms with E-state index in [0.717, 1.165) is 32.4 Å². The Morgan fingerprint density at radius 1 is 1.00 bits per heavy atom. The van der Waals surface area contributed by atoms with E-state index in [-0.39, 0.29) is 21.5 Å². The number of nitriles is 1. The summed E-state index contributed by atoms with van der Waals surface area (Å²) in [4.78, 5) is 30.5. The van der Waals surface area contributed by atoms with Gasteiger partial charge in [0.1, 0.15) is 11.8 Å². The van der Waals surface area contributed by atoms with Crippen LogP contribution in [0.3, 0.4) is 0 Å². The molecule has 0 spiro atoms. The lowest BCUT2D eigenvalue weighted by atomic mass is 10.00. The van der Waals surface area contributed by atoms with Gasteiger partial charge in [0.25, 0.3) is 5.56 Å². The molecule has 0 bridgehead atoms. The smallest absolute Gasteiger partial charge is 0.349 e. The highest BCUT2D eigenvalue weighted by molar-refractivity contribution is 6.37. The largest absolute Gasteiger partial charge is 0.454 e. The first kappa shape index (κ1) is 23.3. The molecular weight excluding hydrogens is 501 g/mol. The predicted octanol–water partition coefficient (Wildman–Crippen LogP) is 5.42. The molecule has 0 saturated carbocycles. The maximum atomic E-state index is 12.2. The molecule has 1 N–H and O–H groups in total. The molecule has 3 aromatic carbocycles. The maximum absolute atomic E-state index is 12.2. The lowest BCUT2D eigenvalue weighted by molar-refractivity contribution is 0.483. The van der Waals surface area contributed by atoms with Crippen LogP contribution in [-0.2, 0) is 0 Å². The summed E-state index contributed by atoms with van der Waals surface area (Å²) in [5.41, 5.74) is 1.70. The van der Waals surface area contributed by atoms with Crippen LogP contribution in [0.5, 0.6) is 11.5 Å². The van der Waals surface area contributed by atoms with E-state index in [1.165, 1.54) is 12.1 Å². The Morgan fingerprint density at radius 2 is 1.72 bits per heavy atom. The van der Waals surface area contributed by atoms with Crippen LogP contribution in [0.1, 0.15) is 11.4 Å². The van der Waals surface area contributed by atoms with Crippen molar-refractivity contribution in [3.63, 3.8) is 0 Å². The van der Waals surface area contributed by atoms with Gasteiger partial charge in [0.2, 0.25) is 5.69 Å². The summed E-state index contributed by atoms with van der Waals surface area (Å²) in [5.74, 6) is 0.647. The second kappa shape index (κ2) is 9.30. The molecule has 0 saturated heterocycles. The van der Waals surface area contributed by atoms with Crippen LogP contribution in [-0.4, -0.2) is 19.7 Å². The maximum Gasteiger partial charge on any atom is 0.349 e. The average Bonchev–Trinajstić information content (AvgIpc) is 2.86. The quantitative estimate of drug-likeness (QED) is 0.342. The van der Waals surface area contributed by atoms with Crippen molar-refractivity contribution in [2.75, 3.05) is 0 Å². The molecule has 176 valence electrons. The van der Waals surface area contributed by atoms with Crippen molar-refractivity contribution < 1.29 is 4.74 Å². The molecule has 0 atom stereocenters. The zero-order valence-electron chi connectivity index (χ0n) is 18.6. The molecule has 0 radical (unpaired) electrons. The first-order valence-corrected chi connectivity index (χ1v) is 11.4. The Bertz CT molecular complexity index is 1780. The van der Waals surface area contributed by atoms with E-state index in [1.807, 2.05) is 60.4 Å². The number of benzene rings is 3. The van der Waals surface area contributed by atoms with E-state index < -0.39 is 16.9 Å². The molecule has 5 aromatic rings. The fourth-order valence-electron chi connectivity index (χ4n) is 3.79. The summed E-state index contributed by atoms with van der Waals surface area (Å²) in [7, 11) is 0. The minimum atomic E-state index is -0.883. The topological polar surface area (TPSA) is 114 Å². The second-order valence-corrected chi connectivity index (χ2v) is 8.64. The van der Waals surface area contributed by atoms with E-state index in [0.29, 0.717) is 5.75 Å². The Labute approximate surface area is 214 Å². The summed E-state index contributed by atoms with van der Waals surface area (Å²) in [6.07, 6.45) is 0. The van der Waals surface area contributed by atoms with Gasteiger partial charge in [0.05, 0.1) is 21.2 Å². The van der Waals surface area contributed by atoms with Crippen molar-refractivity contribution in [1.29, 1.82) is 5.26 Å². The monoisotopic (exact) mass is 515 g/mol. The average molecular weight is 516 g/mol. The minimum Gasteiger partial charge on any atom is -0.454 e. The number of fused-ring (bicyclic) bond motifs is 1. The fraction of sp³-hybridized carbons (Fsp3) is 0.0385. The number of nitrogens with zero attached hydrogens (tertiary/aromatic N) is 4. The Kier molecular flexibility index (Phi) is 6.02. The van der Waals surface area contributed by atoms with Gasteiger partial charge in [0.15, 0.2) is 5.75 Å². The number of hydrogen-bond donors (Lipinski definition) is 1. The number of H-pyrrole nitrogens is 1. The van der Waals surface area contributed by atoms with Crippen LogP contribution in [0.2, 0.25) is 10.0 Å². The van der Waals surface area contributed by atoms with E-state index in [1.54, 1.807) is 12.1 Å². The summed E-state index contributed by atoms with van der Waals surface area (Å²) in [5, 5.41) is 13.9. The number of nitrogens with one attached hydrogen (secondary N) is 1. The second-order valence-electron chi connectivity index (χ2n) is 7.83. The number of rotatable bonds is 4. The molecule has 8 nitrogen and oxygen atoms in total. The third kappa shape index (κ3) is 4.33. The molecule has 2 aromatic heterocycles. The molecule has 0 aliphatic rings. The molecule has 0 amide bonds. The van der Waals surface area contributed by atoms with Gasteiger partial charge >= 0.3 is 5.69 Å². The number of aryl methyl sites for hydroxylation is 1. The third-order valence-electron chi connectivity index (χ3n) is 5.37. The van der Waals surface area contributed by atoms with Gasteiger partial charge in [-0.3, -0.25) is 14.8 Å². The Balaban J connectivity index is 1.57. The number of halogens is 2. The highest BCUT2D eigenvalue weighted by Gasteiger charge is 2.16. The fourth-order valence-corrected chi connectivity index (χ4v) is 4.34. The summed E-state index contributed by atoms with van der Waals surface area (Å²) < 4.78 is 6.88. The first-order chi connectivity index (χ1) is 17.3. The number of ether oxygens (including phenoxy) is 1. The molecule has 0 aliphatic carbocycles. The van der Waals surface area contributed by atoms with Gasteiger partial charge in [-0.1, -0.05) is 53.5 Å². The first-order valence-electron chi connectivity index (χ1n) is 10.6. The summed E-state index contributed by atoms with van der Waals surface area (Å²) in [6, 6.07) is 21.9. The Hall–Kier alpha value is -4.45. The summed E-state index contributed by atoms with van der Waals surface area (Å²) >= 11 is 12.9. The van der Waals surface area contributed by atoms with Crippen LogP contribution >= 0.6 is 23.2 Å². The van der Waals surface area contributed by atoms with Gasteiger partial charge in [0, 0.05) is 11.1 Å². The number of hydrogen-bond acceptors (Lipinski definition) is 6. The van der Waals surface area contributed by atoms with Crippen molar-refractivity contribution in [1.82, 2.24) is 19.7 Å². The van der Waals surface area contributed by atoms with Crippen molar-refractivity contribution in [2.45, 2.75) is 6.92 Å². The minimum absolute atomic E-state index is 0.0984. The molecule has 5 rings (SSSR count). The van der Waals surface area contributed by atoms with Gasteiger partial charge in [-0.05, 0) is 54.4 Å². The number of aromatic nitrogens is 4. The van der Waals surface area contributed by atoms with Gasteiger partial charge in [-0.2, -0.15) is 9.94 Å². The van der Waals surface area contributed by atoms with Crippen LogP contribution in [0, 0.1) is 18.3 Å². The molecule has 0 unspecified atom stereocenters. The van der Waals surface area contributed by atoms with E-state index >= 15 is 0 Å². The van der Waals surface area contributed by atoms with Gasteiger partial charge in [-0.15, -0.1) is 5.10 Å². The van der Waals surface area contributed by atoms with Crippen molar-refractivity contribution in [3.05, 3.63) is 109 Å². The molecule has 0 fully saturated rings. The molecule has 36 heavy (non-hydrogen) atoms. The number of pyridine rings is 1. The van der Waals surface area contributed by atoms with E-state index in [2.05, 4.69) is 10.1 Å². The van der Waals surface area contributed by atoms with E-state index in [9.17, 15) is 9.59 Å². The van der Waals surface area contributed by atoms with Crippen LogP contribution in [0.15, 0.2) is 76.3 Å². The predicted molar refractivity (Wildman–Crippen MR) is 137 cm³/mol. The van der Waals surface area contributed by atoms with Crippen LogP contribution < -0.4 is 16.0 Å². The zero-order chi connectivity index (χ0) is 25.4. The Morgan fingerprint density at radius 3 is 2.42 bits per heavy atom. The third-order valence-corrected chi connectivity index (χ3v) is 5.94. The normalized spacial score (nSPS) is 10.8. The molecule has 2 heterocycles. The SMILES string of the molecule is Cc1cc(-c2ccccc2)c2cc(Oc3c(Cl)cc(-n4nc(C#N)c(=O)[nH]c4=O)cc3Cl)ccc2n1. The number of aromatic amines is 1. The zero-order valence-corrected chi connectivity index (χ0v) is 20.1. The molecular formula is C26H15Cl2N5O3. The van der Waals surface area contributed by atoms with Gasteiger partial charge in [-0.25, -0.2) is 4.79 Å². The van der Waals surface area contributed by atoms with Crippen molar-refractivity contribution >= 4 is 34.1 Å².